The van der Waals surface area contributed by atoms with Gasteiger partial charge in [-0.05, 0) is 87.9 Å². The Hall–Kier alpha value is -3.96. The Labute approximate surface area is 251 Å². The van der Waals surface area contributed by atoms with Crippen molar-refractivity contribution >= 4 is 23.3 Å². The zero-order chi connectivity index (χ0) is 30.3. The number of rotatable bonds is 10. The number of likely N-dealkylation sites (tertiary alicyclic amines) is 2. The summed E-state index contributed by atoms with van der Waals surface area (Å²) >= 11 is 0. The first kappa shape index (κ1) is 30.5. The van der Waals surface area contributed by atoms with Crippen LogP contribution in [0.2, 0.25) is 0 Å². The number of hydrogen-bond donors (Lipinski definition) is 2. The smallest absolute Gasteiger partial charge is 0.319 e. The molecule has 3 aromatic rings. The van der Waals surface area contributed by atoms with Crippen LogP contribution in [0.4, 0.5) is 14.9 Å². The lowest BCUT2D eigenvalue weighted by atomic mass is 9.88. The number of Topliss-reactive ketones (excluding diaryl/α,β-unsaturated/α-hetero) is 2. The molecule has 3 heterocycles. The summed E-state index contributed by atoms with van der Waals surface area (Å²) in [4.78, 5) is 46.2. The number of carbonyl (C=O) groups excluding carboxylic acids is 3. The molecule has 2 aromatic carbocycles. The van der Waals surface area contributed by atoms with Crippen LogP contribution >= 0.6 is 0 Å². The summed E-state index contributed by atoms with van der Waals surface area (Å²) in [5.74, 6) is 0.681. The van der Waals surface area contributed by atoms with Gasteiger partial charge in [0.1, 0.15) is 5.82 Å². The van der Waals surface area contributed by atoms with E-state index in [4.69, 9.17) is 4.52 Å². The van der Waals surface area contributed by atoms with Gasteiger partial charge in [-0.15, -0.1) is 0 Å². The summed E-state index contributed by atoms with van der Waals surface area (Å²) < 4.78 is 18.3. The zero-order valence-electron chi connectivity index (χ0n) is 24.7. The minimum absolute atomic E-state index is 0.0812. The Balaban J connectivity index is 1.25. The number of urea groups is 1. The number of amides is 2. The number of hydrogen-bond acceptors (Lipinski definition) is 8. The number of ketones is 2. The van der Waals surface area contributed by atoms with E-state index in [9.17, 15) is 18.8 Å². The fourth-order valence-electron chi connectivity index (χ4n) is 6.30. The number of nitrogens with zero attached hydrogens (tertiary/aromatic N) is 4. The highest BCUT2D eigenvalue weighted by atomic mass is 19.1. The van der Waals surface area contributed by atoms with Crippen molar-refractivity contribution in [1.29, 1.82) is 0 Å². The van der Waals surface area contributed by atoms with Gasteiger partial charge in [0.2, 0.25) is 6.39 Å². The molecule has 1 aromatic heterocycles. The molecule has 2 saturated heterocycles. The Kier molecular flexibility index (Phi) is 9.93. The molecule has 2 fully saturated rings. The van der Waals surface area contributed by atoms with Crippen LogP contribution in [0.1, 0.15) is 65.2 Å². The van der Waals surface area contributed by atoms with Crippen molar-refractivity contribution in [3.63, 3.8) is 0 Å². The summed E-state index contributed by atoms with van der Waals surface area (Å²) in [5.41, 5.74) is 2.29. The minimum atomic E-state index is -0.371. The van der Waals surface area contributed by atoms with E-state index in [0.717, 1.165) is 64.0 Å². The van der Waals surface area contributed by atoms with E-state index in [0.29, 0.717) is 35.1 Å². The van der Waals surface area contributed by atoms with Crippen molar-refractivity contribution in [2.45, 2.75) is 52.1 Å². The van der Waals surface area contributed by atoms with Crippen LogP contribution in [0.5, 0.6) is 0 Å². The fourth-order valence-corrected chi connectivity index (χ4v) is 6.30. The maximum absolute atomic E-state index is 13.4. The van der Waals surface area contributed by atoms with Crippen LogP contribution in [-0.4, -0.2) is 76.3 Å². The maximum atomic E-state index is 13.4. The van der Waals surface area contributed by atoms with Crippen molar-refractivity contribution in [2.24, 2.45) is 11.8 Å². The van der Waals surface area contributed by atoms with Gasteiger partial charge >= 0.3 is 6.03 Å². The van der Waals surface area contributed by atoms with E-state index in [2.05, 4.69) is 30.6 Å². The third-order valence-electron chi connectivity index (χ3n) is 8.44. The standard InChI is InChI=1S/C32H39FN6O4/c1-21(40)25-13-26(22(2)41)15-29(14-25)35-32(42)36-30-9-11-39(19-31-34-20-43-37-31)18-27(30)17-38-10-3-4-24(16-38)12-23-5-7-28(33)8-6-23/h5-8,13-15,20,24,27,30H,3-4,9-12,16-19H2,1-2H3,(H2,35,36,42)/t24-,27+,30+/m0/s1. The van der Waals surface area contributed by atoms with Gasteiger partial charge in [-0.2, -0.15) is 4.98 Å². The molecule has 43 heavy (non-hydrogen) atoms. The van der Waals surface area contributed by atoms with E-state index < -0.39 is 0 Å². The normalized spacial score (nSPS) is 21.3. The minimum Gasteiger partial charge on any atom is -0.343 e. The number of halogens is 1. The lowest BCUT2D eigenvalue weighted by Gasteiger charge is -2.42. The van der Waals surface area contributed by atoms with Gasteiger partial charge in [0.15, 0.2) is 17.4 Å². The molecule has 3 atom stereocenters. The van der Waals surface area contributed by atoms with Crippen molar-refractivity contribution < 1.29 is 23.3 Å². The maximum Gasteiger partial charge on any atom is 0.319 e. The molecule has 0 saturated carbocycles. The Morgan fingerprint density at radius 3 is 2.40 bits per heavy atom. The lowest BCUT2D eigenvalue weighted by molar-refractivity contribution is 0.0803. The van der Waals surface area contributed by atoms with E-state index in [-0.39, 0.29) is 35.4 Å². The molecule has 2 N–H and O–H groups in total. The number of carbonyl (C=O) groups is 3. The van der Waals surface area contributed by atoms with Crippen LogP contribution in [0.3, 0.4) is 0 Å². The molecule has 2 aliphatic rings. The Morgan fingerprint density at radius 2 is 1.72 bits per heavy atom. The van der Waals surface area contributed by atoms with E-state index in [1.54, 1.807) is 18.2 Å². The molecule has 5 rings (SSSR count). The summed E-state index contributed by atoms with van der Waals surface area (Å²) in [5, 5.41) is 10.0. The average Bonchev–Trinajstić information content (AvgIpc) is 3.49. The number of aromatic nitrogens is 2. The van der Waals surface area contributed by atoms with Crippen molar-refractivity contribution in [1.82, 2.24) is 25.3 Å². The van der Waals surface area contributed by atoms with Crippen LogP contribution < -0.4 is 10.6 Å². The van der Waals surface area contributed by atoms with Crippen LogP contribution in [0.25, 0.3) is 0 Å². The van der Waals surface area contributed by atoms with Gasteiger partial charge in [-0.3, -0.25) is 14.5 Å². The second kappa shape index (κ2) is 14.0. The number of anilines is 1. The van der Waals surface area contributed by atoms with Gasteiger partial charge in [0, 0.05) is 55.0 Å². The highest BCUT2D eigenvalue weighted by Crippen LogP contribution is 2.26. The predicted octanol–water partition coefficient (Wildman–Crippen LogP) is 4.58. The summed E-state index contributed by atoms with van der Waals surface area (Å²) in [6, 6.07) is 11.1. The zero-order valence-corrected chi connectivity index (χ0v) is 24.7. The largest absolute Gasteiger partial charge is 0.343 e. The van der Waals surface area contributed by atoms with Crippen molar-refractivity contribution in [2.75, 3.05) is 38.0 Å². The first-order valence-electron chi connectivity index (χ1n) is 14.9. The molecule has 2 amide bonds. The molecular formula is C32H39FN6O4. The molecular weight excluding hydrogens is 551 g/mol. The topological polar surface area (TPSA) is 121 Å². The number of nitrogens with one attached hydrogen (secondary N) is 2. The first-order valence-corrected chi connectivity index (χ1v) is 14.9. The molecule has 10 nitrogen and oxygen atoms in total. The molecule has 2 aliphatic heterocycles. The summed E-state index contributed by atoms with van der Waals surface area (Å²) in [6.45, 7) is 7.72. The second-order valence-corrected chi connectivity index (χ2v) is 11.8. The molecule has 0 unspecified atom stereocenters. The third kappa shape index (κ3) is 8.55. The van der Waals surface area contributed by atoms with Gasteiger partial charge in [0.05, 0.1) is 6.54 Å². The monoisotopic (exact) mass is 590 g/mol. The fraction of sp³-hybridized carbons (Fsp3) is 0.469. The third-order valence-corrected chi connectivity index (χ3v) is 8.44. The van der Waals surface area contributed by atoms with Crippen LogP contribution in [-0.2, 0) is 13.0 Å². The molecule has 11 heteroatoms. The van der Waals surface area contributed by atoms with Gasteiger partial charge in [0.25, 0.3) is 0 Å². The second-order valence-electron chi connectivity index (χ2n) is 11.8. The lowest BCUT2D eigenvalue weighted by Crippen LogP contribution is -2.55. The number of piperidine rings is 2. The first-order chi connectivity index (χ1) is 20.7. The summed E-state index contributed by atoms with van der Waals surface area (Å²) in [6.07, 6.45) is 5.22. The van der Waals surface area contributed by atoms with E-state index >= 15 is 0 Å². The number of benzene rings is 2. The molecule has 228 valence electrons. The van der Waals surface area contributed by atoms with Crippen molar-refractivity contribution in [3.8, 4) is 0 Å². The molecule has 0 radical (unpaired) electrons. The van der Waals surface area contributed by atoms with E-state index in [1.165, 1.54) is 32.4 Å². The van der Waals surface area contributed by atoms with Gasteiger partial charge in [-0.25, -0.2) is 9.18 Å². The molecule has 0 aliphatic carbocycles. The van der Waals surface area contributed by atoms with Crippen LogP contribution in [0, 0.1) is 17.7 Å². The molecule has 0 spiro atoms. The van der Waals surface area contributed by atoms with Crippen LogP contribution in [0.15, 0.2) is 53.4 Å². The Morgan fingerprint density at radius 1 is 0.977 bits per heavy atom. The van der Waals surface area contributed by atoms with Gasteiger partial charge < -0.3 is 20.1 Å². The quantitative estimate of drug-likeness (QED) is 0.329. The van der Waals surface area contributed by atoms with Crippen molar-refractivity contribution in [3.05, 3.63) is 77.2 Å². The predicted molar refractivity (Wildman–Crippen MR) is 159 cm³/mol. The summed E-state index contributed by atoms with van der Waals surface area (Å²) in [7, 11) is 0. The van der Waals surface area contributed by atoms with E-state index in [1.807, 2.05) is 12.1 Å². The Bertz CT molecular complexity index is 1380. The average molecular weight is 591 g/mol. The highest BCUT2D eigenvalue weighted by molar-refractivity contribution is 6.02. The highest BCUT2D eigenvalue weighted by Gasteiger charge is 2.33. The SMILES string of the molecule is CC(=O)c1cc(NC(=O)N[C@@H]2CCN(Cc3ncon3)C[C@H]2CN2CCC[C@@H](Cc3ccc(F)cc3)C2)cc(C(C)=O)c1. The molecule has 0 bridgehead atoms. The van der Waals surface area contributed by atoms with Gasteiger partial charge in [-0.1, -0.05) is 17.3 Å².